The van der Waals surface area contributed by atoms with Gasteiger partial charge in [0.25, 0.3) is 0 Å². The molecule has 4 rings (SSSR count). The van der Waals surface area contributed by atoms with Crippen LogP contribution in [0.25, 0.3) is 11.2 Å². The molecule has 0 bridgehead atoms. The number of hydrogen-bond acceptors (Lipinski definition) is 4. The van der Waals surface area contributed by atoms with Gasteiger partial charge in [0.2, 0.25) is 6.41 Å². The molecule has 7 heteroatoms. The second-order valence-electron chi connectivity index (χ2n) is 7.46. The maximum atomic E-state index is 14.6. The topological polar surface area (TPSA) is 71.1 Å². The fourth-order valence-corrected chi connectivity index (χ4v) is 4.41. The highest BCUT2D eigenvalue weighted by Gasteiger charge is 2.28. The van der Waals surface area contributed by atoms with Crippen molar-refractivity contribution in [3.05, 3.63) is 23.4 Å². The minimum absolute atomic E-state index is 0.0806. The standard InChI is InChI=1S/C19H25FN4O2/c1-26-14-4-2-13(3-5-14)18-22-17-16(15(20)10-21-19(17)23-18)12-6-8-24(11-25)9-7-12/h10-14H,2-9H2,1H3,(H,21,22,23). The molecule has 3 heterocycles. The van der Waals surface area contributed by atoms with Crippen molar-refractivity contribution in [1.29, 1.82) is 0 Å². The number of aromatic amines is 1. The number of carbonyl (C=O) groups is 1. The summed E-state index contributed by atoms with van der Waals surface area (Å²) in [5.41, 5.74) is 2.00. The Hall–Kier alpha value is -2.02. The van der Waals surface area contributed by atoms with E-state index < -0.39 is 0 Å². The molecule has 6 nitrogen and oxygen atoms in total. The quantitative estimate of drug-likeness (QED) is 0.851. The van der Waals surface area contributed by atoms with Crippen molar-refractivity contribution in [2.75, 3.05) is 20.2 Å². The van der Waals surface area contributed by atoms with E-state index in [-0.39, 0.29) is 11.7 Å². The Balaban J connectivity index is 1.61. The normalized spacial score (nSPS) is 24.9. The van der Waals surface area contributed by atoms with E-state index in [1.807, 2.05) is 0 Å². The third-order valence-electron chi connectivity index (χ3n) is 6.00. The SMILES string of the molecule is COC1CCC(c2nc3c(C4CCN(C=O)CC4)c(F)cnc3[nH]2)CC1. The number of carbonyl (C=O) groups excluding carboxylic acids is 1. The molecule has 140 valence electrons. The number of amides is 1. The predicted molar refractivity (Wildman–Crippen MR) is 95.5 cm³/mol. The molecule has 2 aromatic rings. The molecule has 1 aliphatic heterocycles. The number of nitrogens with zero attached hydrogens (tertiary/aromatic N) is 3. The number of methoxy groups -OCH3 is 1. The van der Waals surface area contributed by atoms with E-state index in [1.54, 1.807) is 12.0 Å². The fraction of sp³-hybridized carbons (Fsp3) is 0.632. The minimum Gasteiger partial charge on any atom is -0.381 e. The molecule has 0 atom stereocenters. The van der Waals surface area contributed by atoms with Gasteiger partial charge in [-0.3, -0.25) is 4.79 Å². The number of pyridine rings is 1. The van der Waals surface area contributed by atoms with E-state index >= 15 is 0 Å². The molecule has 1 saturated heterocycles. The Labute approximate surface area is 152 Å². The molecule has 26 heavy (non-hydrogen) atoms. The van der Waals surface area contributed by atoms with Gasteiger partial charge in [-0.1, -0.05) is 0 Å². The number of nitrogens with one attached hydrogen (secondary N) is 1. The van der Waals surface area contributed by atoms with Gasteiger partial charge in [-0.05, 0) is 44.4 Å². The lowest BCUT2D eigenvalue weighted by Gasteiger charge is -2.29. The van der Waals surface area contributed by atoms with Crippen molar-refractivity contribution >= 4 is 17.6 Å². The van der Waals surface area contributed by atoms with Gasteiger partial charge in [0.05, 0.1) is 12.3 Å². The van der Waals surface area contributed by atoms with Crippen LogP contribution < -0.4 is 0 Å². The van der Waals surface area contributed by atoms with Crippen LogP contribution in [0.4, 0.5) is 4.39 Å². The molecule has 1 aliphatic carbocycles. The summed E-state index contributed by atoms with van der Waals surface area (Å²) in [7, 11) is 1.76. The smallest absolute Gasteiger partial charge is 0.209 e. The number of rotatable bonds is 4. The lowest BCUT2D eigenvalue weighted by Crippen LogP contribution is -2.32. The first-order valence-corrected chi connectivity index (χ1v) is 9.45. The van der Waals surface area contributed by atoms with Gasteiger partial charge in [0, 0.05) is 31.7 Å². The van der Waals surface area contributed by atoms with Crippen LogP contribution in [0.1, 0.15) is 61.7 Å². The van der Waals surface area contributed by atoms with Gasteiger partial charge in [0.15, 0.2) is 5.65 Å². The largest absolute Gasteiger partial charge is 0.381 e. The zero-order chi connectivity index (χ0) is 18.1. The number of imidazole rings is 1. The summed E-state index contributed by atoms with van der Waals surface area (Å²) in [4.78, 5) is 25.0. The first-order valence-electron chi connectivity index (χ1n) is 9.45. The van der Waals surface area contributed by atoms with Gasteiger partial charge >= 0.3 is 0 Å². The molecule has 1 amide bonds. The van der Waals surface area contributed by atoms with Gasteiger partial charge in [-0.15, -0.1) is 0 Å². The van der Waals surface area contributed by atoms with E-state index in [9.17, 15) is 9.18 Å². The molecule has 0 aromatic carbocycles. The number of likely N-dealkylation sites (tertiary alicyclic amines) is 1. The molecular weight excluding hydrogens is 335 g/mol. The molecule has 0 radical (unpaired) electrons. The Morgan fingerprint density at radius 3 is 2.58 bits per heavy atom. The van der Waals surface area contributed by atoms with Gasteiger partial charge in [-0.25, -0.2) is 14.4 Å². The average Bonchev–Trinajstić information content (AvgIpc) is 3.12. The monoisotopic (exact) mass is 360 g/mol. The molecule has 1 N–H and O–H groups in total. The number of halogens is 1. The Morgan fingerprint density at radius 1 is 1.19 bits per heavy atom. The van der Waals surface area contributed by atoms with Crippen LogP contribution in [-0.2, 0) is 9.53 Å². The third kappa shape index (κ3) is 3.20. The summed E-state index contributed by atoms with van der Waals surface area (Å²) in [6.07, 6.45) is 8.12. The van der Waals surface area contributed by atoms with Crippen molar-refractivity contribution in [1.82, 2.24) is 19.9 Å². The summed E-state index contributed by atoms with van der Waals surface area (Å²) < 4.78 is 20.1. The van der Waals surface area contributed by atoms with Crippen LogP contribution in [-0.4, -0.2) is 52.6 Å². The summed E-state index contributed by atoms with van der Waals surface area (Å²) >= 11 is 0. The van der Waals surface area contributed by atoms with E-state index in [0.717, 1.165) is 50.8 Å². The summed E-state index contributed by atoms with van der Waals surface area (Å²) in [6, 6.07) is 0. The average molecular weight is 360 g/mol. The molecule has 2 aliphatic rings. The highest BCUT2D eigenvalue weighted by molar-refractivity contribution is 5.76. The molecule has 2 aromatic heterocycles. The van der Waals surface area contributed by atoms with Crippen molar-refractivity contribution < 1.29 is 13.9 Å². The number of hydrogen-bond donors (Lipinski definition) is 1. The van der Waals surface area contributed by atoms with Crippen molar-refractivity contribution in [2.24, 2.45) is 0 Å². The third-order valence-corrected chi connectivity index (χ3v) is 6.00. The number of ether oxygens (including phenoxy) is 1. The first-order chi connectivity index (χ1) is 12.7. The van der Waals surface area contributed by atoms with Crippen LogP contribution in [0.15, 0.2) is 6.20 Å². The zero-order valence-corrected chi connectivity index (χ0v) is 15.1. The van der Waals surface area contributed by atoms with Gasteiger partial charge < -0.3 is 14.6 Å². The lowest BCUT2D eigenvalue weighted by atomic mass is 9.87. The lowest BCUT2D eigenvalue weighted by molar-refractivity contribution is -0.119. The van der Waals surface area contributed by atoms with Crippen molar-refractivity contribution in [3.63, 3.8) is 0 Å². The van der Waals surface area contributed by atoms with Gasteiger partial charge in [-0.2, -0.15) is 0 Å². The van der Waals surface area contributed by atoms with E-state index in [2.05, 4.69) is 9.97 Å². The van der Waals surface area contributed by atoms with Gasteiger partial charge in [0.1, 0.15) is 17.2 Å². The van der Waals surface area contributed by atoms with E-state index in [0.29, 0.717) is 41.8 Å². The van der Waals surface area contributed by atoms with E-state index in [4.69, 9.17) is 9.72 Å². The molecule has 0 spiro atoms. The Kier molecular flexibility index (Phi) is 4.89. The second kappa shape index (κ2) is 7.31. The maximum absolute atomic E-state index is 14.6. The summed E-state index contributed by atoms with van der Waals surface area (Å²) in [5.74, 6) is 1.06. The van der Waals surface area contributed by atoms with Crippen LogP contribution in [0, 0.1) is 5.82 Å². The summed E-state index contributed by atoms with van der Waals surface area (Å²) in [5, 5.41) is 0. The Morgan fingerprint density at radius 2 is 1.92 bits per heavy atom. The highest BCUT2D eigenvalue weighted by Crippen LogP contribution is 2.36. The number of aromatic nitrogens is 3. The van der Waals surface area contributed by atoms with Crippen LogP contribution in [0.2, 0.25) is 0 Å². The van der Waals surface area contributed by atoms with Crippen LogP contribution >= 0.6 is 0 Å². The second-order valence-corrected chi connectivity index (χ2v) is 7.46. The maximum Gasteiger partial charge on any atom is 0.209 e. The molecule has 2 fully saturated rings. The van der Waals surface area contributed by atoms with Crippen molar-refractivity contribution in [3.8, 4) is 0 Å². The predicted octanol–water partition coefficient (Wildman–Crippen LogP) is 3.11. The Bertz CT molecular complexity index is 777. The first kappa shape index (κ1) is 17.4. The number of fused-ring (bicyclic) bond motifs is 1. The fourth-order valence-electron chi connectivity index (χ4n) is 4.41. The van der Waals surface area contributed by atoms with Crippen LogP contribution in [0.5, 0.6) is 0 Å². The van der Waals surface area contributed by atoms with E-state index in [1.165, 1.54) is 6.20 Å². The molecule has 0 unspecified atom stereocenters. The highest BCUT2D eigenvalue weighted by atomic mass is 19.1. The summed E-state index contributed by atoms with van der Waals surface area (Å²) in [6.45, 7) is 1.32. The van der Waals surface area contributed by atoms with Crippen molar-refractivity contribution in [2.45, 2.75) is 56.5 Å². The minimum atomic E-state index is -0.289. The van der Waals surface area contributed by atoms with Crippen LogP contribution in [0.3, 0.4) is 0 Å². The number of H-pyrrole nitrogens is 1. The number of piperidine rings is 1. The molecule has 1 saturated carbocycles. The zero-order valence-electron chi connectivity index (χ0n) is 15.1. The molecular formula is C19H25FN4O2.